The smallest absolute Gasteiger partial charge is 0.244 e. The maximum atomic E-state index is 13.8. The van der Waals surface area contributed by atoms with E-state index < -0.39 is 29.0 Å². The SMILES string of the molecule is CCCN(CC(=O)Nc1ccc(F)c(F)c1F)C(=O)CCc1nc(-c2ccc(C(C)C)cc2)no1. The van der Waals surface area contributed by atoms with Crippen molar-refractivity contribution in [3.05, 3.63) is 65.3 Å². The summed E-state index contributed by atoms with van der Waals surface area (Å²) in [6.07, 6.45) is 0.770. The zero-order chi connectivity index (χ0) is 25.5. The van der Waals surface area contributed by atoms with Gasteiger partial charge in [-0.05, 0) is 30.0 Å². The van der Waals surface area contributed by atoms with Crippen LogP contribution in [0.2, 0.25) is 0 Å². The van der Waals surface area contributed by atoms with Crippen LogP contribution in [0, 0.1) is 17.5 Å². The lowest BCUT2D eigenvalue weighted by Crippen LogP contribution is -2.38. The summed E-state index contributed by atoms with van der Waals surface area (Å²) in [5.41, 5.74) is 1.48. The topological polar surface area (TPSA) is 88.3 Å². The van der Waals surface area contributed by atoms with Crippen LogP contribution in [0.4, 0.5) is 18.9 Å². The van der Waals surface area contributed by atoms with Gasteiger partial charge in [-0.15, -0.1) is 0 Å². The van der Waals surface area contributed by atoms with Gasteiger partial charge in [0, 0.05) is 24.9 Å². The number of nitrogens with one attached hydrogen (secondary N) is 1. The highest BCUT2D eigenvalue weighted by molar-refractivity contribution is 5.94. The summed E-state index contributed by atoms with van der Waals surface area (Å²) in [6.45, 7) is 5.95. The molecule has 0 fully saturated rings. The molecule has 0 saturated carbocycles. The molecule has 0 saturated heterocycles. The molecule has 0 aliphatic rings. The van der Waals surface area contributed by atoms with Crippen molar-refractivity contribution in [3.8, 4) is 11.4 Å². The normalized spacial score (nSPS) is 11.1. The van der Waals surface area contributed by atoms with E-state index >= 15 is 0 Å². The molecule has 10 heteroatoms. The Hall–Kier alpha value is -3.69. The van der Waals surface area contributed by atoms with Crippen LogP contribution >= 0.6 is 0 Å². The Bertz CT molecular complexity index is 1180. The van der Waals surface area contributed by atoms with E-state index in [0.29, 0.717) is 24.2 Å². The van der Waals surface area contributed by atoms with Crippen molar-refractivity contribution in [2.24, 2.45) is 0 Å². The van der Waals surface area contributed by atoms with Crippen molar-refractivity contribution in [1.82, 2.24) is 15.0 Å². The summed E-state index contributed by atoms with van der Waals surface area (Å²) in [5, 5.41) is 6.14. The molecule has 2 aromatic carbocycles. The molecule has 0 radical (unpaired) electrons. The summed E-state index contributed by atoms with van der Waals surface area (Å²) in [7, 11) is 0. The number of nitrogens with zero attached hydrogens (tertiary/aromatic N) is 3. The van der Waals surface area contributed by atoms with Crippen LogP contribution in [0.3, 0.4) is 0 Å². The largest absolute Gasteiger partial charge is 0.339 e. The lowest BCUT2D eigenvalue weighted by atomic mass is 10.0. The number of aromatic nitrogens is 2. The summed E-state index contributed by atoms with van der Waals surface area (Å²) in [4.78, 5) is 30.7. The number of amides is 2. The number of halogens is 3. The van der Waals surface area contributed by atoms with Gasteiger partial charge >= 0.3 is 0 Å². The highest BCUT2D eigenvalue weighted by atomic mass is 19.2. The molecular weight excluding hydrogens is 461 g/mol. The molecule has 1 heterocycles. The predicted molar refractivity (Wildman–Crippen MR) is 124 cm³/mol. The van der Waals surface area contributed by atoms with Gasteiger partial charge in [0.1, 0.15) is 0 Å². The Morgan fingerprint density at radius 3 is 2.43 bits per heavy atom. The van der Waals surface area contributed by atoms with Crippen LogP contribution in [0.1, 0.15) is 51.0 Å². The van der Waals surface area contributed by atoms with Gasteiger partial charge in [-0.1, -0.05) is 50.2 Å². The third-order valence-electron chi connectivity index (χ3n) is 5.35. The number of carbonyl (C=O) groups excluding carboxylic acids is 2. The van der Waals surface area contributed by atoms with Crippen molar-refractivity contribution in [2.45, 2.75) is 46.0 Å². The van der Waals surface area contributed by atoms with Gasteiger partial charge in [0.25, 0.3) is 0 Å². The van der Waals surface area contributed by atoms with Crippen molar-refractivity contribution in [3.63, 3.8) is 0 Å². The highest BCUT2D eigenvalue weighted by Gasteiger charge is 2.20. The minimum Gasteiger partial charge on any atom is -0.339 e. The maximum absolute atomic E-state index is 13.8. The van der Waals surface area contributed by atoms with Gasteiger partial charge in [-0.3, -0.25) is 9.59 Å². The monoisotopic (exact) mass is 488 g/mol. The molecule has 3 rings (SSSR count). The van der Waals surface area contributed by atoms with Gasteiger partial charge in [0.2, 0.25) is 23.5 Å². The molecule has 0 aliphatic carbocycles. The van der Waals surface area contributed by atoms with Gasteiger partial charge in [-0.25, -0.2) is 13.2 Å². The third-order valence-corrected chi connectivity index (χ3v) is 5.35. The lowest BCUT2D eigenvalue weighted by Gasteiger charge is -2.21. The first-order valence-electron chi connectivity index (χ1n) is 11.3. The number of benzene rings is 2. The maximum Gasteiger partial charge on any atom is 0.244 e. The first-order chi connectivity index (χ1) is 16.7. The minimum atomic E-state index is -1.68. The van der Waals surface area contributed by atoms with Crippen LogP contribution in [0.5, 0.6) is 0 Å². The molecule has 186 valence electrons. The van der Waals surface area contributed by atoms with E-state index in [1.54, 1.807) is 0 Å². The van der Waals surface area contributed by atoms with Crippen molar-refractivity contribution in [1.29, 1.82) is 0 Å². The minimum absolute atomic E-state index is 0.0146. The number of carbonyl (C=O) groups is 2. The highest BCUT2D eigenvalue weighted by Crippen LogP contribution is 2.21. The Kier molecular flexibility index (Phi) is 8.62. The molecule has 0 aliphatic heterocycles. The van der Waals surface area contributed by atoms with Gasteiger partial charge in [0.05, 0.1) is 12.2 Å². The molecule has 1 aromatic heterocycles. The fourth-order valence-corrected chi connectivity index (χ4v) is 3.41. The van der Waals surface area contributed by atoms with Crippen LogP contribution in [0.15, 0.2) is 40.9 Å². The standard InChI is InChI=1S/C25H27F3N4O3/c1-4-13-32(14-20(33)29-19-10-9-18(26)23(27)24(19)28)22(34)12-11-21-30-25(31-35-21)17-7-5-16(6-8-17)15(2)3/h5-10,15H,4,11-14H2,1-3H3,(H,29,33). The quantitative estimate of drug-likeness (QED) is 0.402. The molecule has 1 N–H and O–H groups in total. The van der Waals surface area contributed by atoms with Gasteiger partial charge < -0.3 is 14.7 Å². The van der Waals surface area contributed by atoms with E-state index in [-0.39, 0.29) is 37.7 Å². The van der Waals surface area contributed by atoms with E-state index in [0.717, 1.165) is 11.6 Å². The third kappa shape index (κ3) is 6.68. The number of rotatable bonds is 10. The summed E-state index contributed by atoms with van der Waals surface area (Å²) in [5.74, 6) is -4.51. The van der Waals surface area contributed by atoms with E-state index in [9.17, 15) is 22.8 Å². The fourth-order valence-electron chi connectivity index (χ4n) is 3.41. The zero-order valence-corrected chi connectivity index (χ0v) is 19.8. The molecule has 0 atom stereocenters. The second kappa shape index (κ2) is 11.6. The average molecular weight is 489 g/mol. The van der Waals surface area contributed by atoms with Gasteiger partial charge in [-0.2, -0.15) is 4.98 Å². The second-order valence-corrected chi connectivity index (χ2v) is 8.37. The number of hydrogen-bond donors (Lipinski definition) is 1. The number of aryl methyl sites for hydroxylation is 1. The molecule has 2 amide bonds. The van der Waals surface area contributed by atoms with Crippen LogP contribution in [-0.2, 0) is 16.0 Å². The number of anilines is 1. The van der Waals surface area contributed by atoms with Gasteiger partial charge in [0.15, 0.2) is 17.5 Å². The Morgan fingerprint density at radius 2 is 1.77 bits per heavy atom. The second-order valence-electron chi connectivity index (χ2n) is 8.37. The van der Waals surface area contributed by atoms with Crippen LogP contribution in [0.25, 0.3) is 11.4 Å². The van der Waals surface area contributed by atoms with Crippen molar-refractivity contribution in [2.75, 3.05) is 18.4 Å². The first-order valence-corrected chi connectivity index (χ1v) is 11.3. The summed E-state index contributed by atoms with van der Waals surface area (Å²) >= 11 is 0. The molecule has 0 unspecified atom stereocenters. The average Bonchev–Trinajstić information content (AvgIpc) is 3.32. The molecule has 7 nitrogen and oxygen atoms in total. The van der Waals surface area contributed by atoms with E-state index in [2.05, 4.69) is 29.3 Å². The Morgan fingerprint density at radius 1 is 1.06 bits per heavy atom. The van der Waals surface area contributed by atoms with Crippen LogP contribution in [-0.4, -0.2) is 39.9 Å². The van der Waals surface area contributed by atoms with E-state index in [1.165, 1.54) is 10.5 Å². The van der Waals surface area contributed by atoms with E-state index in [4.69, 9.17) is 4.52 Å². The van der Waals surface area contributed by atoms with E-state index in [1.807, 2.05) is 31.2 Å². The fraction of sp³-hybridized carbons (Fsp3) is 0.360. The predicted octanol–water partition coefficient (Wildman–Crippen LogP) is 5.09. The van der Waals surface area contributed by atoms with Crippen molar-refractivity contribution < 1.29 is 27.3 Å². The molecule has 35 heavy (non-hydrogen) atoms. The molecule has 0 spiro atoms. The first kappa shape index (κ1) is 25.9. The molecular formula is C25H27F3N4O3. The summed E-state index contributed by atoms with van der Waals surface area (Å²) in [6, 6.07) is 9.44. The van der Waals surface area contributed by atoms with Crippen LogP contribution < -0.4 is 5.32 Å². The Labute approximate surface area is 201 Å². The number of hydrogen-bond acceptors (Lipinski definition) is 5. The lowest BCUT2D eigenvalue weighted by molar-refractivity contribution is -0.134. The Balaban J connectivity index is 1.58. The molecule has 3 aromatic rings. The molecule has 0 bridgehead atoms. The summed E-state index contributed by atoms with van der Waals surface area (Å²) < 4.78 is 45.6. The zero-order valence-electron chi connectivity index (χ0n) is 19.8. The van der Waals surface area contributed by atoms with Crippen molar-refractivity contribution >= 4 is 17.5 Å².